The quantitative estimate of drug-likeness (QED) is 0.0494. The Hall–Kier alpha value is -1.48. The Balaban J connectivity index is -0.000000688. The first-order chi connectivity index (χ1) is 19.5. The molecule has 0 aliphatic rings. The SMILES string of the molecule is CCCCC/C=C/C/C=C/CCCCCCCC(=O)[O-].CCCCC/C=C\C/C=C\CCCCCCCC(=O)[O-].[Zn+2]. The first-order valence-electron chi connectivity index (χ1n) is 16.5. The molecule has 0 saturated heterocycles. The summed E-state index contributed by atoms with van der Waals surface area (Å²) >= 11 is 0. The van der Waals surface area contributed by atoms with Gasteiger partial charge in [0.25, 0.3) is 0 Å². The summed E-state index contributed by atoms with van der Waals surface area (Å²) in [6.45, 7) is 4.46. The Kier molecular flexibility index (Phi) is 43.6. The van der Waals surface area contributed by atoms with Crippen molar-refractivity contribution in [1.82, 2.24) is 0 Å². The number of rotatable bonds is 28. The molecule has 5 heteroatoms. The fourth-order valence-electron chi connectivity index (χ4n) is 4.16. The Morgan fingerprint density at radius 3 is 0.976 bits per heavy atom. The van der Waals surface area contributed by atoms with Crippen LogP contribution in [-0.4, -0.2) is 11.9 Å². The molecule has 0 fully saturated rings. The van der Waals surface area contributed by atoms with E-state index in [2.05, 4.69) is 62.5 Å². The second-order valence-corrected chi connectivity index (χ2v) is 10.7. The molecule has 0 unspecified atom stereocenters. The summed E-state index contributed by atoms with van der Waals surface area (Å²) in [5, 5.41) is 20.4. The molecule has 0 aromatic rings. The molecule has 0 bridgehead atoms. The zero-order chi connectivity index (χ0) is 29.8. The van der Waals surface area contributed by atoms with Crippen molar-refractivity contribution in [3.05, 3.63) is 48.6 Å². The van der Waals surface area contributed by atoms with Gasteiger partial charge >= 0.3 is 19.5 Å². The van der Waals surface area contributed by atoms with Crippen molar-refractivity contribution in [2.45, 2.75) is 168 Å². The van der Waals surface area contributed by atoms with Crippen molar-refractivity contribution in [2.24, 2.45) is 0 Å². The number of carbonyl (C=O) groups excluding carboxylic acids is 2. The van der Waals surface area contributed by atoms with Crippen LogP contribution in [0.25, 0.3) is 0 Å². The van der Waals surface area contributed by atoms with E-state index in [1.165, 1.54) is 77.0 Å². The summed E-state index contributed by atoms with van der Waals surface area (Å²) in [6, 6.07) is 0. The van der Waals surface area contributed by atoms with Crippen LogP contribution in [0.5, 0.6) is 0 Å². The number of carbonyl (C=O) groups is 2. The summed E-state index contributed by atoms with van der Waals surface area (Å²) in [4.78, 5) is 20.4. The van der Waals surface area contributed by atoms with E-state index in [-0.39, 0.29) is 32.3 Å². The van der Waals surface area contributed by atoms with E-state index in [0.717, 1.165) is 64.2 Å². The van der Waals surface area contributed by atoms with Crippen molar-refractivity contribution < 1.29 is 39.3 Å². The molecule has 0 radical (unpaired) electrons. The smallest absolute Gasteiger partial charge is 0.550 e. The predicted octanol–water partition coefficient (Wildman–Crippen LogP) is 9.10. The van der Waals surface area contributed by atoms with Gasteiger partial charge in [0.2, 0.25) is 0 Å². The summed E-state index contributed by atoms with van der Waals surface area (Å²) in [7, 11) is 0. The maximum absolute atomic E-state index is 10.2. The predicted molar refractivity (Wildman–Crippen MR) is 169 cm³/mol. The zero-order valence-electron chi connectivity index (χ0n) is 26.9. The minimum Gasteiger partial charge on any atom is -0.550 e. The molecule has 0 spiro atoms. The average Bonchev–Trinajstić information content (AvgIpc) is 2.93. The molecule has 232 valence electrons. The Morgan fingerprint density at radius 1 is 0.415 bits per heavy atom. The van der Waals surface area contributed by atoms with E-state index in [1.54, 1.807) is 0 Å². The number of carboxylic acids is 2. The monoisotopic (exact) mass is 622 g/mol. The van der Waals surface area contributed by atoms with Crippen LogP contribution in [0.1, 0.15) is 168 Å². The van der Waals surface area contributed by atoms with Gasteiger partial charge in [0, 0.05) is 11.9 Å². The first-order valence-corrected chi connectivity index (χ1v) is 16.5. The molecule has 0 heterocycles. The molecule has 0 aliphatic heterocycles. The largest absolute Gasteiger partial charge is 2.00 e. The summed E-state index contributed by atoms with van der Waals surface area (Å²) in [5.74, 6) is -1.84. The maximum atomic E-state index is 10.2. The summed E-state index contributed by atoms with van der Waals surface area (Å²) in [5.41, 5.74) is 0. The third-order valence-electron chi connectivity index (χ3n) is 6.66. The maximum Gasteiger partial charge on any atom is 2.00 e. The number of aliphatic carboxylic acids is 2. The van der Waals surface area contributed by atoms with Gasteiger partial charge in [-0.2, -0.15) is 0 Å². The molecular weight excluding hydrogens is 562 g/mol. The van der Waals surface area contributed by atoms with Gasteiger partial charge in [-0.3, -0.25) is 0 Å². The Morgan fingerprint density at radius 2 is 0.683 bits per heavy atom. The molecule has 0 N–H and O–H groups in total. The van der Waals surface area contributed by atoms with E-state index >= 15 is 0 Å². The minimum atomic E-state index is -0.921. The van der Waals surface area contributed by atoms with E-state index in [9.17, 15) is 19.8 Å². The second kappa shape index (κ2) is 40.7. The van der Waals surface area contributed by atoms with Gasteiger partial charge in [0.05, 0.1) is 0 Å². The topological polar surface area (TPSA) is 80.3 Å². The van der Waals surface area contributed by atoms with Crippen molar-refractivity contribution in [3.63, 3.8) is 0 Å². The molecule has 0 rings (SSSR count). The number of allylic oxidation sites excluding steroid dienone is 8. The van der Waals surface area contributed by atoms with Gasteiger partial charge in [0.15, 0.2) is 0 Å². The normalized spacial score (nSPS) is 11.4. The Bertz CT molecular complexity index is 596. The molecule has 0 aliphatic carbocycles. The van der Waals surface area contributed by atoms with Crippen molar-refractivity contribution in [3.8, 4) is 0 Å². The van der Waals surface area contributed by atoms with Crippen LogP contribution in [-0.2, 0) is 29.1 Å². The van der Waals surface area contributed by atoms with Crippen LogP contribution in [0.3, 0.4) is 0 Å². The third-order valence-corrected chi connectivity index (χ3v) is 6.66. The fraction of sp³-hybridized carbons (Fsp3) is 0.722. The average molecular weight is 624 g/mol. The number of hydrogen-bond donors (Lipinski definition) is 0. The van der Waals surface area contributed by atoms with Crippen LogP contribution in [0, 0.1) is 0 Å². The van der Waals surface area contributed by atoms with Gasteiger partial charge in [-0.05, 0) is 89.9 Å². The Labute approximate surface area is 267 Å². The molecule has 4 nitrogen and oxygen atoms in total. The molecule has 0 aromatic heterocycles. The third kappa shape index (κ3) is 48.6. The van der Waals surface area contributed by atoms with E-state index < -0.39 is 11.9 Å². The van der Waals surface area contributed by atoms with Crippen LogP contribution < -0.4 is 10.2 Å². The summed E-state index contributed by atoms with van der Waals surface area (Å²) < 4.78 is 0. The van der Waals surface area contributed by atoms with Gasteiger partial charge in [-0.1, -0.05) is 127 Å². The number of unbranched alkanes of at least 4 members (excludes halogenated alkanes) is 16. The molecular formula is C36H62O4Zn. The molecule has 0 atom stereocenters. The van der Waals surface area contributed by atoms with Crippen LogP contribution in [0.15, 0.2) is 48.6 Å². The standard InChI is InChI=1S/2C18H32O2.Zn/c2*1-2-3-4-5-6-7-8-9-10-11-12-13-14-15-16-17-18(19)20;/h2*6-7,9-10H,2-5,8,11-17H2,1H3,(H,19,20);/q;;+2/p-2/b7-6+,10-9+;7-6-,10-9-;. The van der Waals surface area contributed by atoms with Crippen LogP contribution in [0.4, 0.5) is 0 Å². The minimum absolute atomic E-state index is 0. The molecule has 41 heavy (non-hydrogen) atoms. The molecule has 0 aromatic carbocycles. The van der Waals surface area contributed by atoms with Crippen molar-refractivity contribution in [2.75, 3.05) is 0 Å². The van der Waals surface area contributed by atoms with Crippen molar-refractivity contribution in [1.29, 1.82) is 0 Å². The van der Waals surface area contributed by atoms with E-state index in [4.69, 9.17) is 0 Å². The van der Waals surface area contributed by atoms with E-state index in [1.807, 2.05) is 0 Å². The second-order valence-electron chi connectivity index (χ2n) is 10.7. The molecule has 0 amide bonds. The van der Waals surface area contributed by atoms with Gasteiger partial charge in [0.1, 0.15) is 0 Å². The van der Waals surface area contributed by atoms with Gasteiger partial charge < -0.3 is 19.8 Å². The first kappa shape index (κ1) is 44.0. The number of hydrogen-bond acceptors (Lipinski definition) is 4. The van der Waals surface area contributed by atoms with Gasteiger partial charge in [-0.25, -0.2) is 0 Å². The molecule has 0 saturated carbocycles. The zero-order valence-corrected chi connectivity index (χ0v) is 29.9. The van der Waals surface area contributed by atoms with Crippen LogP contribution in [0.2, 0.25) is 0 Å². The fourth-order valence-corrected chi connectivity index (χ4v) is 4.16. The summed E-state index contributed by atoms with van der Waals surface area (Å²) in [6.07, 6.45) is 43.9. The van der Waals surface area contributed by atoms with Crippen LogP contribution >= 0.6 is 0 Å². The van der Waals surface area contributed by atoms with E-state index in [0.29, 0.717) is 0 Å². The number of carboxylic acid groups (broad SMARTS) is 2. The van der Waals surface area contributed by atoms with Gasteiger partial charge in [-0.15, -0.1) is 0 Å². The van der Waals surface area contributed by atoms with Crippen molar-refractivity contribution >= 4 is 11.9 Å².